The number of ether oxygens (including phenoxy) is 1. The van der Waals surface area contributed by atoms with E-state index in [1.54, 1.807) is 0 Å². The maximum Gasteiger partial charge on any atom is 0.0613 e. The SMILES string of the molecule is CCN(CCO[C@H]1CC=CCC1)CC(N)C(C)(C)C. The number of hydrogen-bond donors (Lipinski definition) is 1. The average molecular weight is 268 g/mol. The Bertz CT molecular complexity index is 270. The van der Waals surface area contributed by atoms with E-state index < -0.39 is 0 Å². The summed E-state index contributed by atoms with van der Waals surface area (Å²) >= 11 is 0. The molecule has 112 valence electrons. The molecule has 2 N–H and O–H groups in total. The molecule has 2 atom stereocenters. The third-order valence-electron chi connectivity index (χ3n) is 4.00. The Balaban J connectivity index is 2.23. The van der Waals surface area contributed by atoms with Gasteiger partial charge in [-0.05, 0) is 31.2 Å². The molecule has 0 spiro atoms. The van der Waals surface area contributed by atoms with Crippen LogP contribution in [0.4, 0.5) is 0 Å². The van der Waals surface area contributed by atoms with Crippen LogP contribution in [0.25, 0.3) is 0 Å². The fraction of sp³-hybridized carbons (Fsp3) is 0.875. The molecule has 0 aromatic rings. The first-order valence-electron chi connectivity index (χ1n) is 7.68. The van der Waals surface area contributed by atoms with E-state index in [0.29, 0.717) is 6.10 Å². The van der Waals surface area contributed by atoms with Crippen LogP contribution < -0.4 is 5.73 Å². The van der Waals surface area contributed by atoms with E-state index in [4.69, 9.17) is 10.5 Å². The summed E-state index contributed by atoms with van der Waals surface area (Å²) in [5.74, 6) is 0. The summed E-state index contributed by atoms with van der Waals surface area (Å²) in [6.45, 7) is 12.6. The second-order valence-corrected chi connectivity index (χ2v) is 6.64. The van der Waals surface area contributed by atoms with Gasteiger partial charge >= 0.3 is 0 Å². The van der Waals surface area contributed by atoms with E-state index in [-0.39, 0.29) is 11.5 Å². The smallest absolute Gasteiger partial charge is 0.0613 e. The van der Waals surface area contributed by atoms with Gasteiger partial charge < -0.3 is 10.5 Å². The van der Waals surface area contributed by atoms with Crippen LogP contribution in [0.5, 0.6) is 0 Å². The topological polar surface area (TPSA) is 38.5 Å². The summed E-state index contributed by atoms with van der Waals surface area (Å²) in [6, 6.07) is 0.213. The molecule has 3 heteroatoms. The Labute approximate surface area is 119 Å². The molecular weight excluding hydrogens is 236 g/mol. The van der Waals surface area contributed by atoms with Crippen molar-refractivity contribution >= 4 is 0 Å². The molecule has 1 aliphatic rings. The molecular formula is C16H32N2O. The zero-order chi connectivity index (χ0) is 14.3. The van der Waals surface area contributed by atoms with Gasteiger partial charge in [-0.2, -0.15) is 0 Å². The van der Waals surface area contributed by atoms with Crippen molar-refractivity contribution in [2.75, 3.05) is 26.2 Å². The molecule has 0 radical (unpaired) electrons. The van der Waals surface area contributed by atoms with E-state index in [1.807, 2.05) is 0 Å². The summed E-state index contributed by atoms with van der Waals surface area (Å²) in [6.07, 6.45) is 8.33. The monoisotopic (exact) mass is 268 g/mol. The Morgan fingerprint density at radius 2 is 2.11 bits per heavy atom. The standard InChI is InChI=1S/C16H32N2O/c1-5-18(13-15(17)16(2,3)4)11-12-19-14-9-7-6-8-10-14/h6-7,14-15H,5,8-13,17H2,1-4H3/t14-,15?/m0/s1. The predicted octanol–water partition coefficient (Wildman–Crippen LogP) is 2.81. The zero-order valence-electron chi connectivity index (χ0n) is 13.2. The molecule has 0 heterocycles. The van der Waals surface area contributed by atoms with E-state index in [9.17, 15) is 0 Å². The second-order valence-electron chi connectivity index (χ2n) is 6.64. The lowest BCUT2D eigenvalue weighted by atomic mass is 9.87. The fourth-order valence-electron chi connectivity index (χ4n) is 2.20. The molecule has 19 heavy (non-hydrogen) atoms. The highest BCUT2D eigenvalue weighted by molar-refractivity contribution is 4.90. The summed E-state index contributed by atoms with van der Waals surface area (Å²) < 4.78 is 5.95. The highest BCUT2D eigenvalue weighted by Crippen LogP contribution is 2.18. The summed E-state index contributed by atoms with van der Waals surface area (Å²) in [5.41, 5.74) is 6.42. The zero-order valence-corrected chi connectivity index (χ0v) is 13.2. The van der Waals surface area contributed by atoms with Crippen molar-refractivity contribution in [3.05, 3.63) is 12.2 Å². The van der Waals surface area contributed by atoms with Crippen molar-refractivity contribution in [2.45, 2.75) is 59.1 Å². The third kappa shape index (κ3) is 6.55. The van der Waals surface area contributed by atoms with E-state index in [1.165, 1.54) is 6.42 Å². The maximum absolute atomic E-state index is 6.25. The van der Waals surface area contributed by atoms with Crippen molar-refractivity contribution in [2.24, 2.45) is 11.1 Å². The van der Waals surface area contributed by atoms with Crippen LogP contribution in [-0.4, -0.2) is 43.3 Å². The largest absolute Gasteiger partial charge is 0.377 e. The second kappa shape index (κ2) is 8.03. The van der Waals surface area contributed by atoms with Crippen molar-refractivity contribution in [1.29, 1.82) is 0 Å². The lowest BCUT2D eigenvalue weighted by Crippen LogP contribution is -2.46. The number of likely N-dealkylation sites (N-methyl/N-ethyl adjacent to an activating group) is 1. The van der Waals surface area contributed by atoms with Gasteiger partial charge in [0.25, 0.3) is 0 Å². The lowest BCUT2D eigenvalue weighted by molar-refractivity contribution is 0.0307. The van der Waals surface area contributed by atoms with E-state index in [2.05, 4.69) is 44.7 Å². The van der Waals surface area contributed by atoms with Gasteiger partial charge in [0.2, 0.25) is 0 Å². The number of nitrogens with zero attached hydrogens (tertiary/aromatic N) is 1. The van der Waals surface area contributed by atoms with Crippen LogP contribution in [0.1, 0.15) is 47.0 Å². The molecule has 0 aromatic heterocycles. The lowest BCUT2D eigenvalue weighted by Gasteiger charge is -2.32. The summed E-state index contributed by atoms with van der Waals surface area (Å²) in [7, 11) is 0. The molecule has 0 bridgehead atoms. The fourth-order valence-corrected chi connectivity index (χ4v) is 2.20. The summed E-state index contributed by atoms with van der Waals surface area (Å²) in [4.78, 5) is 2.40. The van der Waals surface area contributed by atoms with Crippen molar-refractivity contribution < 1.29 is 4.74 Å². The molecule has 0 fully saturated rings. The maximum atomic E-state index is 6.25. The Morgan fingerprint density at radius 1 is 1.37 bits per heavy atom. The van der Waals surface area contributed by atoms with Gasteiger partial charge in [-0.15, -0.1) is 0 Å². The molecule has 1 aliphatic carbocycles. The first kappa shape index (κ1) is 16.7. The number of rotatable bonds is 7. The minimum atomic E-state index is 0.169. The van der Waals surface area contributed by atoms with Gasteiger partial charge in [0, 0.05) is 19.1 Å². The normalized spacial score (nSPS) is 21.9. The molecule has 0 saturated carbocycles. The van der Waals surface area contributed by atoms with Crippen molar-refractivity contribution in [1.82, 2.24) is 4.90 Å². The van der Waals surface area contributed by atoms with Crippen LogP contribution in [0.15, 0.2) is 12.2 Å². The Hall–Kier alpha value is -0.380. The van der Waals surface area contributed by atoms with Crippen LogP contribution in [0.2, 0.25) is 0 Å². The molecule has 0 aromatic carbocycles. The summed E-state index contributed by atoms with van der Waals surface area (Å²) in [5, 5.41) is 0. The highest BCUT2D eigenvalue weighted by Gasteiger charge is 2.22. The Kier molecular flexibility index (Phi) is 7.05. The van der Waals surface area contributed by atoms with Crippen molar-refractivity contribution in [3.63, 3.8) is 0 Å². The first-order valence-corrected chi connectivity index (χ1v) is 7.68. The van der Waals surface area contributed by atoms with Crippen LogP contribution in [0.3, 0.4) is 0 Å². The minimum Gasteiger partial charge on any atom is -0.377 e. The van der Waals surface area contributed by atoms with Crippen LogP contribution in [-0.2, 0) is 4.74 Å². The van der Waals surface area contributed by atoms with Gasteiger partial charge in [-0.1, -0.05) is 39.8 Å². The van der Waals surface area contributed by atoms with Gasteiger partial charge in [-0.25, -0.2) is 0 Å². The van der Waals surface area contributed by atoms with Crippen molar-refractivity contribution in [3.8, 4) is 0 Å². The van der Waals surface area contributed by atoms with E-state index >= 15 is 0 Å². The molecule has 3 nitrogen and oxygen atoms in total. The number of nitrogens with two attached hydrogens (primary N) is 1. The average Bonchev–Trinajstić information content (AvgIpc) is 2.37. The first-order chi connectivity index (χ1) is 8.93. The quantitative estimate of drug-likeness (QED) is 0.722. The third-order valence-corrected chi connectivity index (χ3v) is 4.00. The molecule has 0 saturated heterocycles. The Morgan fingerprint density at radius 3 is 2.63 bits per heavy atom. The minimum absolute atomic E-state index is 0.169. The van der Waals surface area contributed by atoms with Gasteiger partial charge in [0.1, 0.15) is 0 Å². The molecule has 1 rings (SSSR count). The molecule has 1 unspecified atom stereocenters. The van der Waals surface area contributed by atoms with Crippen LogP contribution in [0, 0.1) is 5.41 Å². The molecule has 0 aliphatic heterocycles. The predicted molar refractivity (Wildman–Crippen MR) is 82.3 cm³/mol. The van der Waals surface area contributed by atoms with Gasteiger partial charge in [0.05, 0.1) is 12.7 Å². The van der Waals surface area contributed by atoms with E-state index in [0.717, 1.165) is 39.1 Å². The van der Waals surface area contributed by atoms with Crippen LogP contribution >= 0.6 is 0 Å². The molecule has 0 amide bonds. The van der Waals surface area contributed by atoms with Gasteiger partial charge in [-0.3, -0.25) is 4.90 Å². The highest BCUT2D eigenvalue weighted by atomic mass is 16.5. The number of allylic oxidation sites excluding steroid dienone is 1. The number of hydrogen-bond acceptors (Lipinski definition) is 3. The van der Waals surface area contributed by atoms with Gasteiger partial charge in [0.15, 0.2) is 0 Å².